The average Bonchev–Trinajstić information content (AvgIpc) is 2.83. The SMILES string of the molecule is Cc1c(NC(CO)COCCC(=O)N2CCN(c3ccc(C#N)cn3)CC2)cn[nH]c1=O. The second kappa shape index (κ2) is 11.2. The molecule has 2 aromatic heterocycles. The van der Waals surface area contributed by atoms with Gasteiger partial charge in [0.2, 0.25) is 5.91 Å². The number of aliphatic hydroxyl groups is 1. The molecule has 2 aromatic rings. The summed E-state index contributed by atoms with van der Waals surface area (Å²) in [6, 6.07) is 5.18. The maximum atomic E-state index is 12.5. The summed E-state index contributed by atoms with van der Waals surface area (Å²) in [7, 11) is 0. The lowest BCUT2D eigenvalue weighted by Gasteiger charge is -2.35. The van der Waals surface area contributed by atoms with Gasteiger partial charge in [-0.05, 0) is 19.1 Å². The number of aromatic amines is 1. The van der Waals surface area contributed by atoms with Crippen LogP contribution < -0.4 is 15.8 Å². The Morgan fingerprint density at radius 2 is 2.12 bits per heavy atom. The van der Waals surface area contributed by atoms with Gasteiger partial charge in [0.25, 0.3) is 5.56 Å². The number of nitriles is 1. The van der Waals surface area contributed by atoms with Crippen LogP contribution in [0.1, 0.15) is 17.5 Å². The number of nitrogens with one attached hydrogen (secondary N) is 2. The fraction of sp³-hybridized carbons (Fsp3) is 0.476. The number of aromatic nitrogens is 3. The zero-order valence-electron chi connectivity index (χ0n) is 18.0. The number of amides is 1. The molecular formula is C21H27N7O4. The topological polar surface area (TPSA) is 147 Å². The molecule has 3 rings (SSSR count). The standard InChI is InChI=1S/C21H27N7O4/c1-15-18(12-24-26-21(15)31)25-17(13-29)14-32-9-4-20(30)28-7-5-27(6-8-28)19-3-2-16(10-22)11-23-19/h2-3,11-12,17,29H,4-9,13-14H2,1H3,(H2,25,26,31). The van der Waals surface area contributed by atoms with Gasteiger partial charge in [0, 0.05) is 37.9 Å². The molecule has 1 aliphatic rings. The normalized spacial score (nSPS) is 14.7. The van der Waals surface area contributed by atoms with E-state index in [4.69, 9.17) is 10.00 Å². The van der Waals surface area contributed by atoms with Crippen molar-refractivity contribution in [1.29, 1.82) is 5.26 Å². The lowest BCUT2D eigenvalue weighted by atomic mass is 10.2. The van der Waals surface area contributed by atoms with E-state index in [0.29, 0.717) is 43.0 Å². The van der Waals surface area contributed by atoms with Gasteiger partial charge in [-0.1, -0.05) is 0 Å². The van der Waals surface area contributed by atoms with Gasteiger partial charge in [0.15, 0.2) is 0 Å². The van der Waals surface area contributed by atoms with Gasteiger partial charge in [-0.15, -0.1) is 0 Å². The quantitative estimate of drug-likeness (QED) is 0.453. The molecule has 1 saturated heterocycles. The van der Waals surface area contributed by atoms with Crippen molar-refractivity contribution < 1.29 is 14.6 Å². The molecular weight excluding hydrogens is 414 g/mol. The summed E-state index contributed by atoms with van der Waals surface area (Å²) in [6.45, 7) is 4.43. The van der Waals surface area contributed by atoms with Gasteiger partial charge in [0.1, 0.15) is 11.9 Å². The van der Waals surface area contributed by atoms with Crippen LogP contribution in [0.25, 0.3) is 0 Å². The molecule has 1 amide bonds. The van der Waals surface area contributed by atoms with E-state index in [-0.39, 0.29) is 37.7 Å². The zero-order chi connectivity index (χ0) is 22.9. The number of anilines is 2. The van der Waals surface area contributed by atoms with Crippen molar-refractivity contribution in [2.45, 2.75) is 19.4 Å². The fourth-order valence-corrected chi connectivity index (χ4v) is 3.33. The molecule has 11 nitrogen and oxygen atoms in total. The van der Waals surface area contributed by atoms with E-state index in [1.807, 2.05) is 6.07 Å². The first-order valence-electron chi connectivity index (χ1n) is 10.4. The number of ether oxygens (including phenoxy) is 1. The van der Waals surface area contributed by atoms with E-state index in [2.05, 4.69) is 31.5 Å². The van der Waals surface area contributed by atoms with Gasteiger partial charge in [-0.3, -0.25) is 9.59 Å². The molecule has 1 aliphatic heterocycles. The first kappa shape index (κ1) is 23.2. The lowest BCUT2D eigenvalue weighted by molar-refractivity contribution is -0.132. The Morgan fingerprint density at radius 3 is 2.78 bits per heavy atom. The highest BCUT2D eigenvalue weighted by atomic mass is 16.5. The Balaban J connectivity index is 1.38. The molecule has 0 radical (unpaired) electrons. The maximum Gasteiger partial charge on any atom is 0.269 e. The summed E-state index contributed by atoms with van der Waals surface area (Å²) in [6.07, 6.45) is 3.28. The number of H-pyrrole nitrogens is 1. The molecule has 0 aromatic carbocycles. The number of carbonyl (C=O) groups excluding carboxylic acids is 1. The van der Waals surface area contributed by atoms with Crippen LogP contribution in [-0.4, -0.2) is 83.1 Å². The molecule has 0 spiro atoms. The van der Waals surface area contributed by atoms with Crippen molar-refractivity contribution >= 4 is 17.4 Å². The van der Waals surface area contributed by atoms with Crippen molar-refractivity contribution in [2.75, 3.05) is 56.2 Å². The van der Waals surface area contributed by atoms with Gasteiger partial charge in [-0.25, -0.2) is 10.1 Å². The van der Waals surface area contributed by atoms with E-state index in [0.717, 1.165) is 5.82 Å². The molecule has 0 aliphatic carbocycles. The maximum absolute atomic E-state index is 12.5. The van der Waals surface area contributed by atoms with Crippen molar-refractivity contribution in [3.8, 4) is 6.07 Å². The minimum Gasteiger partial charge on any atom is -0.394 e. The van der Waals surface area contributed by atoms with Gasteiger partial charge >= 0.3 is 0 Å². The predicted octanol–water partition coefficient (Wildman–Crippen LogP) is -0.127. The van der Waals surface area contributed by atoms with Gasteiger partial charge in [-0.2, -0.15) is 10.4 Å². The Morgan fingerprint density at radius 1 is 1.34 bits per heavy atom. The number of carbonyl (C=O) groups is 1. The van der Waals surface area contributed by atoms with Crippen LogP contribution in [0.15, 0.2) is 29.3 Å². The smallest absolute Gasteiger partial charge is 0.269 e. The van der Waals surface area contributed by atoms with Gasteiger partial charge in [0.05, 0.1) is 49.7 Å². The summed E-state index contributed by atoms with van der Waals surface area (Å²) in [5, 5.41) is 27.5. The van der Waals surface area contributed by atoms with Crippen LogP contribution in [0.5, 0.6) is 0 Å². The molecule has 0 saturated carbocycles. The third-order valence-electron chi connectivity index (χ3n) is 5.30. The number of rotatable bonds is 9. The molecule has 1 unspecified atom stereocenters. The number of hydrogen-bond donors (Lipinski definition) is 3. The first-order valence-corrected chi connectivity index (χ1v) is 10.4. The minimum absolute atomic E-state index is 0.0144. The summed E-state index contributed by atoms with van der Waals surface area (Å²) in [4.78, 5) is 32.3. The third-order valence-corrected chi connectivity index (χ3v) is 5.30. The van der Waals surface area contributed by atoms with Gasteiger partial charge < -0.3 is 25.0 Å². The number of piperazine rings is 1. The molecule has 32 heavy (non-hydrogen) atoms. The summed E-state index contributed by atoms with van der Waals surface area (Å²) < 4.78 is 5.58. The predicted molar refractivity (Wildman–Crippen MR) is 117 cm³/mol. The Hall–Kier alpha value is -3.49. The largest absolute Gasteiger partial charge is 0.394 e. The first-order chi connectivity index (χ1) is 15.5. The monoisotopic (exact) mass is 441 g/mol. The molecule has 11 heteroatoms. The Labute approximate surface area is 185 Å². The van der Waals surface area contributed by atoms with Crippen LogP contribution in [0, 0.1) is 18.3 Å². The highest BCUT2D eigenvalue weighted by molar-refractivity contribution is 5.76. The zero-order valence-corrected chi connectivity index (χ0v) is 18.0. The average molecular weight is 441 g/mol. The minimum atomic E-state index is -0.420. The molecule has 170 valence electrons. The molecule has 1 fully saturated rings. The molecule has 3 N–H and O–H groups in total. The van der Waals surface area contributed by atoms with E-state index in [1.54, 1.807) is 24.1 Å². The van der Waals surface area contributed by atoms with Crippen molar-refractivity contribution in [3.63, 3.8) is 0 Å². The molecule has 1 atom stereocenters. The van der Waals surface area contributed by atoms with Crippen LogP contribution in [-0.2, 0) is 9.53 Å². The van der Waals surface area contributed by atoms with Crippen molar-refractivity contribution in [1.82, 2.24) is 20.1 Å². The van der Waals surface area contributed by atoms with Crippen molar-refractivity contribution in [2.24, 2.45) is 0 Å². The second-order valence-corrected chi connectivity index (χ2v) is 7.47. The summed E-state index contributed by atoms with van der Waals surface area (Å²) in [5.41, 5.74) is 1.23. The van der Waals surface area contributed by atoms with E-state index >= 15 is 0 Å². The number of aliphatic hydroxyl groups excluding tert-OH is 1. The highest BCUT2D eigenvalue weighted by Crippen LogP contribution is 2.14. The second-order valence-electron chi connectivity index (χ2n) is 7.47. The van der Waals surface area contributed by atoms with Crippen LogP contribution >= 0.6 is 0 Å². The third kappa shape index (κ3) is 6.03. The fourth-order valence-electron chi connectivity index (χ4n) is 3.33. The Bertz CT molecular complexity index is 994. The lowest BCUT2D eigenvalue weighted by Crippen LogP contribution is -2.49. The van der Waals surface area contributed by atoms with Crippen LogP contribution in [0.4, 0.5) is 11.5 Å². The van der Waals surface area contributed by atoms with Crippen molar-refractivity contribution in [3.05, 3.63) is 46.0 Å². The summed E-state index contributed by atoms with van der Waals surface area (Å²) in [5.74, 6) is 0.813. The summed E-state index contributed by atoms with van der Waals surface area (Å²) >= 11 is 0. The molecule has 3 heterocycles. The van der Waals surface area contributed by atoms with E-state index in [9.17, 15) is 14.7 Å². The Kier molecular flexibility index (Phi) is 8.13. The molecule has 0 bridgehead atoms. The van der Waals surface area contributed by atoms with Crippen LogP contribution in [0.3, 0.4) is 0 Å². The highest BCUT2D eigenvalue weighted by Gasteiger charge is 2.22. The number of hydrogen-bond acceptors (Lipinski definition) is 9. The van der Waals surface area contributed by atoms with Crippen LogP contribution in [0.2, 0.25) is 0 Å². The number of nitrogens with zero attached hydrogens (tertiary/aromatic N) is 5. The van der Waals surface area contributed by atoms with E-state index in [1.165, 1.54) is 6.20 Å². The number of pyridine rings is 1. The van der Waals surface area contributed by atoms with E-state index < -0.39 is 6.04 Å².